The van der Waals surface area contributed by atoms with Gasteiger partial charge in [0.2, 0.25) is 11.9 Å². The van der Waals surface area contributed by atoms with Gasteiger partial charge in [-0.05, 0) is 31.2 Å². The summed E-state index contributed by atoms with van der Waals surface area (Å²) in [5, 5.41) is 3.03. The molecule has 0 aliphatic carbocycles. The second kappa shape index (κ2) is 6.53. The Labute approximate surface area is 116 Å². The highest BCUT2D eigenvalue weighted by molar-refractivity contribution is 5.55. The fraction of sp³-hybridized carbons (Fsp3) is 0.250. The number of methoxy groups -OCH3 is 1. The molecule has 0 atom stereocenters. The lowest BCUT2D eigenvalue weighted by molar-refractivity contribution is 0.340. The van der Waals surface area contributed by atoms with Crippen LogP contribution in [-0.4, -0.2) is 28.7 Å². The number of hydrogen-bond donors (Lipinski definition) is 3. The van der Waals surface area contributed by atoms with Crippen molar-refractivity contribution < 1.29 is 9.47 Å². The maximum Gasteiger partial charge on any atom is 0.322 e. The van der Waals surface area contributed by atoms with Crippen LogP contribution in [-0.2, 0) is 0 Å². The van der Waals surface area contributed by atoms with Crippen LogP contribution in [0.1, 0.15) is 6.92 Å². The monoisotopic (exact) mass is 276 g/mol. The van der Waals surface area contributed by atoms with Gasteiger partial charge < -0.3 is 14.8 Å². The number of hydrogen-bond acceptors (Lipinski definition) is 8. The van der Waals surface area contributed by atoms with Crippen molar-refractivity contribution >= 4 is 17.6 Å². The normalized spacial score (nSPS) is 9.95. The number of ether oxygens (including phenoxy) is 2. The highest BCUT2D eigenvalue weighted by Gasteiger charge is 2.06. The zero-order valence-corrected chi connectivity index (χ0v) is 11.3. The Hall–Kier alpha value is -2.61. The molecule has 106 valence electrons. The molecule has 0 aliphatic rings. The van der Waals surface area contributed by atoms with Crippen molar-refractivity contribution in [3.05, 3.63) is 24.3 Å². The molecular weight excluding hydrogens is 260 g/mol. The van der Waals surface area contributed by atoms with E-state index in [0.717, 1.165) is 11.4 Å². The summed E-state index contributed by atoms with van der Waals surface area (Å²) < 4.78 is 10.3. The number of nitrogens with zero attached hydrogens (tertiary/aromatic N) is 3. The molecule has 0 amide bonds. The summed E-state index contributed by atoms with van der Waals surface area (Å²) >= 11 is 0. The first kappa shape index (κ1) is 13.8. The van der Waals surface area contributed by atoms with Crippen molar-refractivity contribution in [3.63, 3.8) is 0 Å². The van der Waals surface area contributed by atoms with Gasteiger partial charge in [0.25, 0.3) is 0 Å². The number of hydrazine groups is 1. The van der Waals surface area contributed by atoms with E-state index in [1.165, 1.54) is 7.11 Å². The van der Waals surface area contributed by atoms with Gasteiger partial charge in [-0.2, -0.15) is 15.0 Å². The summed E-state index contributed by atoms with van der Waals surface area (Å²) in [6.45, 7) is 2.56. The van der Waals surface area contributed by atoms with Gasteiger partial charge in [0.1, 0.15) is 5.75 Å². The Morgan fingerprint density at radius 2 is 1.80 bits per heavy atom. The number of benzene rings is 1. The minimum absolute atomic E-state index is 0.168. The van der Waals surface area contributed by atoms with E-state index in [0.29, 0.717) is 12.6 Å². The summed E-state index contributed by atoms with van der Waals surface area (Å²) in [6, 6.07) is 7.59. The van der Waals surface area contributed by atoms with Gasteiger partial charge in [-0.15, -0.1) is 0 Å². The first-order valence-corrected chi connectivity index (χ1v) is 6.01. The Bertz CT molecular complexity index is 538. The van der Waals surface area contributed by atoms with E-state index >= 15 is 0 Å². The van der Waals surface area contributed by atoms with Crippen LogP contribution >= 0.6 is 0 Å². The average Bonchev–Trinajstić information content (AvgIpc) is 2.49. The lowest BCUT2D eigenvalue weighted by Crippen LogP contribution is -2.13. The molecule has 0 spiro atoms. The summed E-state index contributed by atoms with van der Waals surface area (Å²) in [6.07, 6.45) is 0. The topological polar surface area (TPSA) is 107 Å². The lowest BCUT2D eigenvalue weighted by atomic mass is 10.3. The third kappa shape index (κ3) is 3.45. The number of aromatic nitrogens is 3. The van der Waals surface area contributed by atoms with Crippen LogP contribution in [0.4, 0.5) is 17.6 Å². The van der Waals surface area contributed by atoms with Crippen molar-refractivity contribution in [3.8, 4) is 11.8 Å². The van der Waals surface area contributed by atoms with E-state index in [4.69, 9.17) is 15.3 Å². The molecule has 4 N–H and O–H groups in total. The molecule has 0 bridgehead atoms. The lowest BCUT2D eigenvalue weighted by Gasteiger charge is -2.08. The van der Waals surface area contributed by atoms with Crippen LogP contribution in [0, 0.1) is 0 Å². The second-order valence-corrected chi connectivity index (χ2v) is 3.70. The molecule has 0 radical (unpaired) electrons. The van der Waals surface area contributed by atoms with E-state index in [2.05, 4.69) is 25.7 Å². The van der Waals surface area contributed by atoms with Gasteiger partial charge in [-0.3, -0.25) is 5.43 Å². The van der Waals surface area contributed by atoms with E-state index < -0.39 is 0 Å². The predicted octanol–water partition coefficient (Wildman–Crippen LogP) is 1.31. The van der Waals surface area contributed by atoms with Gasteiger partial charge in [0.15, 0.2) is 0 Å². The third-order valence-electron chi connectivity index (χ3n) is 2.35. The number of nitrogens with two attached hydrogens (primary N) is 1. The van der Waals surface area contributed by atoms with Crippen molar-refractivity contribution in [1.29, 1.82) is 0 Å². The molecule has 2 aromatic rings. The largest absolute Gasteiger partial charge is 0.494 e. The molecular formula is C12H16N6O2. The molecule has 1 aromatic carbocycles. The molecule has 8 nitrogen and oxygen atoms in total. The van der Waals surface area contributed by atoms with Crippen molar-refractivity contribution in [2.24, 2.45) is 5.84 Å². The number of anilines is 3. The molecule has 2 rings (SSSR count). The quantitative estimate of drug-likeness (QED) is 0.535. The van der Waals surface area contributed by atoms with Gasteiger partial charge >= 0.3 is 6.01 Å². The fourth-order valence-corrected chi connectivity index (χ4v) is 1.50. The molecule has 8 heteroatoms. The van der Waals surface area contributed by atoms with Gasteiger partial charge in [0.05, 0.1) is 13.7 Å². The molecule has 20 heavy (non-hydrogen) atoms. The molecule has 0 fully saturated rings. The molecule has 1 heterocycles. The van der Waals surface area contributed by atoms with E-state index in [1.54, 1.807) is 0 Å². The molecule has 0 aliphatic heterocycles. The van der Waals surface area contributed by atoms with Gasteiger partial charge in [-0.25, -0.2) is 5.84 Å². The van der Waals surface area contributed by atoms with Crippen LogP contribution in [0.15, 0.2) is 24.3 Å². The predicted molar refractivity (Wildman–Crippen MR) is 75.1 cm³/mol. The number of nitrogens with one attached hydrogen (secondary N) is 2. The van der Waals surface area contributed by atoms with Crippen LogP contribution in [0.5, 0.6) is 11.8 Å². The molecule has 0 saturated heterocycles. The Kier molecular flexibility index (Phi) is 4.51. The Balaban J connectivity index is 2.16. The zero-order chi connectivity index (χ0) is 14.4. The van der Waals surface area contributed by atoms with Gasteiger partial charge in [-0.1, -0.05) is 0 Å². The van der Waals surface area contributed by atoms with Crippen molar-refractivity contribution in [2.75, 3.05) is 24.5 Å². The van der Waals surface area contributed by atoms with Crippen LogP contribution in [0.25, 0.3) is 0 Å². The first-order valence-electron chi connectivity index (χ1n) is 6.01. The minimum Gasteiger partial charge on any atom is -0.494 e. The number of rotatable bonds is 6. The standard InChI is InChI=1S/C12H16N6O2/c1-3-20-9-6-4-8(5-7-9)14-10-15-11(18-13)17-12(16-10)19-2/h4-7H,3,13H2,1-2H3,(H2,14,15,16,17,18). The fourth-order valence-electron chi connectivity index (χ4n) is 1.50. The third-order valence-corrected chi connectivity index (χ3v) is 2.35. The van der Waals surface area contributed by atoms with E-state index in [-0.39, 0.29) is 12.0 Å². The first-order chi connectivity index (χ1) is 9.75. The smallest absolute Gasteiger partial charge is 0.322 e. The van der Waals surface area contributed by atoms with Crippen LogP contribution in [0.2, 0.25) is 0 Å². The summed E-state index contributed by atoms with van der Waals surface area (Å²) in [5.74, 6) is 6.63. The minimum atomic E-state index is 0.168. The number of nitrogen functional groups attached to an aromatic ring is 1. The Morgan fingerprint density at radius 1 is 1.10 bits per heavy atom. The van der Waals surface area contributed by atoms with Gasteiger partial charge in [0, 0.05) is 5.69 Å². The highest BCUT2D eigenvalue weighted by Crippen LogP contribution is 2.19. The van der Waals surface area contributed by atoms with Crippen LogP contribution < -0.4 is 26.1 Å². The maximum atomic E-state index is 5.37. The van der Waals surface area contributed by atoms with Crippen molar-refractivity contribution in [2.45, 2.75) is 6.92 Å². The van der Waals surface area contributed by atoms with E-state index in [1.807, 2.05) is 31.2 Å². The van der Waals surface area contributed by atoms with E-state index in [9.17, 15) is 0 Å². The highest BCUT2D eigenvalue weighted by atomic mass is 16.5. The zero-order valence-electron chi connectivity index (χ0n) is 11.3. The summed E-state index contributed by atoms with van der Waals surface area (Å²) in [5.41, 5.74) is 3.16. The molecule has 0 saturated carbocycles. The van der Waals surface area contributed by atoms with Crippen molar-refractivity contribution in [1.82, 2.24) is 15.0 Å². The summed E-state index contributed by atoms with van der Waals surface area (Å²) in [7, 11) is 1.47. The Morgan fingerprint density at radius 3 is 2.40 bits per heavy atom. The molecule has 1 aromatic heterocycles. The van der Waals surface area contributed by atoms with Crippen LogP contribution in [0.3, 0.4) is 0 Å². The maximum absolute atomic E-state index is 5.37. The average molecular weight is 276 g/mol. The summed E-state index contributed by atoms with van der Waals surface area (Å²) in [4.78, 5) is 12.1. The SMILES string of the molecule is CCOc1ccc(Nc2nc(NN)nc(OC)n2)cc1. The second-order valence-electron chi connectivity index (χ2n) is 3.70. The molecule has 0 unspecified atom stereocenters.